The van der Waals surface area contributed by atoms with Gasteiger partial charge in [0.25, 0.3) is 4.73 Å². The summed E-state index contributed by atoms with van der Waals surface area (Å²) >= 11 is 3.09. The molecule has 2 aromatic rings. The summed E-state index contributed by atoms with van der Waals surface area (Å²) in [5.41, 5.74) is 0. The molecule has 26 heavy (non-hydrogen) atoms. The Kier molecular flexibility index (Phi) is 6.42. The third-order valence-corrected chi connectivity index (χ3v) is 3.79. The SMILES string of the molecule is O=[N+]([O-])c1cn(CC(CO)COc2ccc(OC(F)(F)F)cc2)c(Br)n1. The molecule has 0 spiro atoms. The van der Waals surface area contributed by atoms with Gasteiger partial charge in [-0.3, -0.25) is 4.57 Å². The van der Waals surface area contributed by atoms with Crippen LogP contribution >= 0.6 is 15.9 Å². The molecule has 1 unspecified atom stereocenters. The molecule has 0 saturated heterocycles. The van der Waals surface area contributed by atoms with Crippen molar-refractivity contribution >= 4 is 21.7 Å². The lowest BCUT2D eigenvalue weighted by Gasteiger charge is -2.16. The smallest absolute Gasteiger partial charge is 0.493 e. The first-order valence-electron chi connectivity index (χ1n) is 7.14. The van der Waals surface area contributed by atoms with E-state index in [1.807, 2.05) is 0 Å². The maximum absolute atomic E-state index is 12.1. The van der Waals surface area contributed by atoms with Crippen molar-refractivity contribution in [3.8, 4) is 11.5 Å². The van der Waals surface area contributed by atoms with Gasteiger partial charge in [0.1, 0.15) is 17.7 Å². The van der Waals surface area contributed by atoms with E-state index in [2.05, 4.69) is 25.7 Å². The number of hydrogen-bond donors (Lipinski definition) is 1. The van der Waals surface area contributed by atoms with Gasteiger partial charge >= 0.3 is 12.2 Å². The molecule has 1 N–H and O–H groups in total. The Bertz CT molecular complexity index is 751. The van der Waals surface area contributed by atoms with Crippen LogP contribution in [0.3, 0.4) is 0 Å². The summed E-state index contributed by atoms with van der Waals surface area (Å²) < 4.78 is 47.2. The van der Waals surface area contributed by atoms with E-state index < -0.39 is 17.2 Å². The molecule has 0 bridgehead atoms. The van der Waals surface area contributed by atoms with Crippen molar-refractivity contribution in [3.63, 3.8) is 0 Å². The van der Waals surface area contributed by atoms with Gasteiger partial charge in [0.15, 0.2) is 0 Å². The number of hydrogen-bond acceptors (Lipinski definition) is 6. The van der Waals surface area contributed by atoms with E-state index in [-0.39, 0.29) is 41.8 Å². The summed E-state index contributed by atoms with van der Waals surface area (Å²) in [5.74, 6) is -0.854. The third-order valence-electron chi connectivity index (χ3n) is 3.16. The molecule has 1 heterocycles. The number of aromatic nitrogens is 2. The molecule has 2 rings (SSSR count). The molecule has 12 heteroatoms. The second-order valence-electron chi connectivity index (χ2n) is 5.16. The number of nitrogens with zero attached hydrogens (tertiary/aromatic N) is 3. The molecule has 8 nitrogen and oxygen atoms in total. The highest BCUT2D eigenvalue weighted by atomic mass is 79.9. The van der Waals surface area contributed by atoms with Crippen LogP contribution in [0.2, 0.25) is 0 Å². The lowest BCUT2D eigenvalue weighted by molar-refractivity contribution is -0.389. The van der Waals surface area contributed by atoms with E-state index in [0.29, 0.717) is 0 Å². The summed E-state index contributed by atoms with van der Waals surface area (Å²) in [4.78, 5) is 13.8. The predicted molar refractivity (Wildman–Crippen MR) is 85.8 cm³/mol. The maximum atomic E-state index is 12.1. The van der Waals surface area contributed by atoms with Crippen molar-refractivity contribution in [2.45, 2.75) is 12.9 Å². The van der Waals surface area contributed by atoms with Crippen LogP contribution in [0.5, 0.6) is 11.5 Å². The normalized spacial score (nSPS) is 12.7. The second-order valence-corrected chi connectivity index (χ2v) is 5.87. The average molecular weight is 440 g/mol. The molecule has 1 aromatic carbocycles. The number of halogens is 4. The highest BCUT2D eigenvalue weighted by molar-refractivity contribution is 9.10. The molecule has 0 radical (unpaired) electrons. The molecule has 142 valence electrons. The molecular weight excluding hydrogens is 427 g/mol. The van der Waals surface area contributed by atoms with Gasteiger partial charge in [-0.15, -0.1) is 13.2 Å². The molecule has 1 aromatic heterocycles. The van der Waals surface area contributed by atoms with Crippen LogP contribution in [0, 0.1) is 16.0 Å². The average Bonchev–Trinajstić information content (AvgIpc) is 2.92. The summed E-state index contributed by atoms with van der Waals surface area (Å²) in [6.45, 7) is -0.0464. The van der Waals surface area contributed by atoms with E-state index in [9.17, 15) is 28.4 Å². The lowest BCUT2D eigenvalue weighted by Crippen LogP contribution is -2.22. The summed E-state index contributed by atoms with van der Waals surface area (Å²) in [7, 11) is 0. The number of aliphatic hydroxyl groups is 1. The number of nitro groups is 1. The molecule has 0 saturated carbocycles. The fraction of sp³-hybridized carbons (Fsp3) is 0.357. The van der Waals surface area contributed by atoms with Crippen LogP contribution in [0.1, 0.15) is 0 Å². The van der Waals surface area contributed by atoms with Crippen LogP contribution in [-0.2, 0) is 6.54 Å². The first-order valence-corrected chi connectivity index (χ1v) is 7.93. The fourth-order valence-electron chi connectivity index (χ4n) is 1.99. The largest absolute Gasteiger partial charge is 0.573 e. The Labute approximate surface area is 153 Å². The van der Waals surface area contributed by atoms with Crippen LogP contribution in [0.25, 0.3) is 0 Å². The maximum Gasteiger partial charge on any atom is 0.573 e. The fourth-order valence-corrected chi connectivity index (χ4v) is 2.42. The Morgan fingerprint density at radius 3 is 2.42 bits per heavy atom. The molecule has 0 aliphatic heterocycles. The van der Waals surface area contributed by atoms with Crippen molar-refractivity contribution in [3.05, 3.63) is 45.3 Å². The van der Waals surface area contributed by atoms with Crippen LogP contribution in [0.4, 0.5) is 19.0 Å². The van der Waals surface area contributed by atoms with Gasteiger partial charge < -0.3 is 24.7 Å². The summed E-state index contributed by atoms with van der Waals surface area (Å²) in [5, 5.41) is 20.1. The standard InChI is InChI=1S/C14H13BrF3N3O5/c15-13-19-12(21(23)24)6-20(13)5-9(7-22)8-25-10-1-3-11(4-2-10)26-14(16,17)18/h1-4,6,9,22H,5,7-8H2. The summed E-state index contributed by atoms with van der Waals surface area (Å²) in [6.07, 6.45) is -3.55. The number of rotatable bonds is 8. The van der Waals surface area contributed by atoms with Crippen molar-refractivity contribution in [1.82, 2.24) is 9.55 Å². The van der Waals surface area contributed by atoms with Crippen molar-refractivity contribution in [2.24, 2.45) is 5.92 Å². The molecule has 1 atom stereocenters. The Hall–Kier alpha value is -2.34. The van der Waals surface area contributed by atoms with E-state index >= 15 is 0 Å². The van der Waals surface area contributed by atoms with Crippen molar-refractivity contribution < 1.29 is 32.7 Å². The Morgan fingerprint density at radius 1 is 1.31 bits per heavy atom. The Morgan fingerprint density at radius 2 is 1.92 bits per heavy atom. The van der Waals surface area contributed by atoms with Crippen LogP contribution < -0.4 is 9.47 Å². The number of ether oxygens (including phenoxy) is 2. The zero-order chi connectivity index (χ0) is 19.3. The third kappa shape index (κ3) is 5.88. The van der Waals surface area contributed by atoms with Gasteiger partial charge in [0.2, 0.25) is 0 Å². The highest BCUT2D eigenvalue weighted by Gasteiger charge is 2.31. The van der Waals surface area contributed by atoms with Gasteiger partial charge in [-0.2, -0.15) is 0 Å². The number of benzene rings is 1. The monoisotopic (exact) mass is 439 g/mol. The van der Waals surface area contributed by atoms with Gasteiger partial charge in [0, 0.05) is 28.4 Å². The molecule has 0 aliphatic carbocycles. The number of aliphatic hydroxyl groups excluding tert-OH is 1. The van der Waals surface area contributed by atoms with E-state index in [0.717, 1.165) is 12.1 Å². The zero-order valence-corrected chi connectivity index (χ0v) is 14.6. The topological polar surface area (TPSA) is 99.7 Å². The highest BCUT2D eigenvalue weighted by Crippen LogP contribution is 2.25. The molecule has 0 aliphatic rings. The van der Waals surface area contributed by atoms with Gasteiger partial charge in [-0.25, -0.2) is 0 Å². The molecule has 0 amide bonds. The van der Waals surface area contributed by atoms with E-state index in [4.69, 9.17) is 4.74 Å². The summed E-state index contributed by atoms with van der Waals surface area (Å²) in [6, 6.07) is 4.81. The van der Waals surface area contributed by atoms with Gasteiger partial charge in [-0.05, 0) is 34.2 Å². The minimum absolute atomic E-state index is 0.0361. The quantitative estimate of drug-likeness (QED) is 0.500. The predicted octanol–water partition coefficient (Wildman–Crippen LogP) is 3.14. The second kappa shape index (κ2) is 8.36. The minimum atomic E-state index is -4.77. The van der Waals surface area contributed by atoms with Crippen LogP contribution in [0.15, 0.2) is 35.2 Å². The van der Waals surface area contributed by atoms with E-state index in [1.54, 1.807) is 0 Å². The number of alkyl halides is 3. The van der Waals surface area contributed by atoms with Gasteiger partial charge in [-0.1, -0.05) is 0 Å². The molecule has 0 fully saturated rings. The molecular formula is C14H13BrF3N3O5. The van der Waals surface area contributed by atoms with E-state index in [1.165, 1.54) is 22.9 Å². The first kappa shape index (κ1) is 20.0. The van der Waals surface area contributed by atoms with Crippen molar-refractivity contribution in [1.29, 1.82) is 0 Å². The minimum Gasteiger partial charge on any atom is -0.493 e. The first-order chi connectivity index (χ1) is 12.2. The number of imidazole rings is 1. The van der Waals surface area contributed by atoms with Crippen molar-refractivity contribution in [2.75, 3.05) is 13.2 Å². The Balaban J connectivity index is 1.93. The zero-order valence-electron chi connectivity index (χ0n) is 13.0. The van der Waals surface area contributed by atoms with Crippen LogP contribution in [-0.4, -0.2) is 39.2 Å². The lowest BCUT2D eigenvalue weighted by atomic mass is 10.2. The van der Waals surface area contributed by atoms with Gasteiger partial charge in [0.05, 0.1) is 13.2 Å².